The van der Waals surface area contributed by atoms with Crippen molar-refractivity contribution in [3.8, 4) is 0 Å². The number of halogens is 2. The maximum Gasteiger partial charge on any atom is 0.251 e. The summed E-state index contributed by atoms with van der Waals surface area (Å²) < 4.78 is 0. The predicted octanol–water partition coefficient (Wildman–Crippen LogP) is 6.00. The van der Waals surface area contributed by atoms with E-state index < -0.39 is 0 Å². The fraction of sp³-hybridized carbons (Fsp3) is 0.517. The number of hydrogen-bond donors (Lipinski definition) is 3. The van der Waals surface area contributed by atoms with E-state index in [9.17, 15) is 4.79 Å². The van der Waals surface area contributed by atoms with Crippen LogP contribution in [-0.4, -0.2) is 55.0 Å². The van der Waals surface area contributed by atoms with Crippen molar-refractivity contribution in [2.24, 2.45) is 10.4 Å². The lowest BCUT2D eigenvalue weighted by atomic mass is 9.73. The van der Waals surface area contributed by atoms with E-state index in [0.717, 1.165) is 43.3 Å². The van der Waals surface area contributed by atoms with Crippen LogP contribution in [0.15, 0.2) is 47.5 Å². The maximum atomic E-state index is 12.7. The molecule has 37 heavy (non-hydrogen) atoms. The Morgan fingerprint density at radius 2 is 1.95 bits per heavy atom. The van der Waals surface area contributed by atoms with Gasteiger partial charge in [-0.25, -0.2) is 4.99 Å². The molecule has 1 aliphatic carbocycles. The Morgan fingerprint density at radius 1 is 1.16 bits per heavy atom. The molecule has 3 N–H and O–H groups in total. The SMILES string of the molecule is C[C@H]1CN(C(=NC2CCCCC2(C)C)Nc2ccc(C(=O)NCCc3ccc(Cl)cc3Cl)cc2)CCN1. The zero-order valence-corrected chi connectivity index (χ0v) is 23.6. The van der Waals surface area contributed by atoms with Crippen LogP contribution in [0.4, 0.5) is 5.69 Å². The van der Waals surface area contributed by atoms with Crippen LogP contribution >= 0.6 is 23.2 Å². The molecule has 2 aromatic carbocycles. The number of piperazine rings is 1. The van der Waals surface area contributed by atoms with E-state index in [1.54, 1.807) is 6.07 Å². The van der Waals surface area contributed by atoms with Crippen LogP contribution in [0, 0.1) is 5.41 Å². The number of amides is 1. The third kappa shape index (κ3) is 7.62. The first-order valence-electron chi connectivity index (χ1n) is 13.4. The van der Waals surface area contributed by atoms with Crippen molar-refractivity contribution in [1.82, 2.24) is 15.5 Å². The Balaban J connectivity index is 1.41. The van der Waals surface area contributed by atoms with E-state index in [1.165, 1.54) is 19.3 Å². The summed E-state index contributed by atoms with van der Waals surface area (Å²) in [4.78, 5) is 20.3. The Kier molecular flexibility index (Phi) is 9.38. The Labute approximate surface area is 231 Å². The summed E-state index contributed by atoms with van der Waals surface area (Å²) in [6.45, 7) is 10.2. The van der Waals surface area contributed by atoms with Crippen molar-refractivity contribution in [3.63, 3.8) is 0 Å². The van der Waals surface area contributed by atoms with E-state index >= 15 is 0 Å². The lowest BCUT2D eigenvalue weighted by Gasteiger charge is -2.39. The number of hydrogen-bond acceptors (Lipinski definition) is 3. The Bertz CT molecular complexity index is 1100. The highest BCUT2D eigenvalue weighted by molar-refractivity contribution is 6.35. The largest absolute Gasteiger partial charge is 0.352 e. The van der Waals surface area contributed by atoms with Crippen molar-refractivity contribution in [3.05, 3.63) is 63.6 Å². The molecule has 6 nitrogen and oxygen atoms in total. The van der Waals surface area contributed by atoms with Crippen LogP contribution in [0.5, 0.6) is 0 Å². The summed E-state index contributed by atoms with van der Waals surface area (Å²) in [7, 11) is 0. The summed E-state index contributed by atoms with van der Waals surface area (Å²) in [5, 5.41) is 11.3. The Hall–Kier alpha value is -2.28. The molecule has 0 spiro atoms. The lowest BCUT2D eigenvalue weighted by Crippen LogP contribution is -2.53. The molecule has 0 aromatic heterocycles. The van der Waals surface area contributed by atoms with Crippen LogP contribution < -0.4 is 16.0 Å². The molecule has 0 bridgehead atoms. The molecule has 1 saturated heterocycles. The summed E-state index contributed by atoms with van der Waals surface area (Å²) in [5.74, 6) is 0.829. The third-order valence-corrected chi connectivity index (χ3v) is 8.08. The van der Waals surface area contributed by atoms with Gasteiger partial charge in [0, 0.05) is 53.5 Å². The highest BCUT2D eigenvalue weighted by atomic mass is 35.5. The van der Waals surface area contributed by atoms with Gasteiger partial charge < -0.3 is 20.9 Å². The second-order valence-corrected chi connectivity index (χ2v) is 11.8. The van der Waals surface area contributed by atoms with Gasteiger partial charge in [-0.05, 0) is 73.6 Å². The minimum atomic E-state index is -0.106. The first kappa shape index (κ1) is 27.7. The van der Waals surface area contributed by atoms with E-state index in [0.29, 0.717) is 40.7 Å². The van der Waals surface area contributed by atoms with Crippen molar-refractivity contribution in [2.45, 2.75) is 65.0 Å². The standard InChI is InChI=1S/C29H39Cl2N5O/c1-20-19-36(17-16-32-20)28(35-26-6-4-5-14-29(26,2)3)34-24-11-8-22(9-12-24)27(37)33-15-13-21-7-10-23(30)18-25(21)31/h7-12,18,20,26,32H,4-6,13-17,19H2,1-3H3,(H,33,37)(H,34,35)/t20-,26?/m0/s1. The number of carbonyl (C=O) groups is 1. The Morgan fingerprint density at radius 3 is 2.65 bits per heavy atom. The molecule has 2 atom stereocenters. The highest BCUT2D eigenvalue weighted by Crippen LogP contribution is 2.37. The normalized spacial score (nSPS) is 22.0. The van der Waals surface area contributed by atoms with Gasteiger partial charge in [0.05, 0.1) is 6.04 Å². The molecule has 8 heteroatoms. The molecular formula is C29H39Cl2N5O. The number of rotatable bonds is 6. The molecule has 2 fully saturated rings. The van der Waals surface area contributed by atoms with Gasteiger partial charge in [0.2, 0.25) is 0 Å². The van der Waals surface area contributed by atoms with Gasteiger partial charge in [-0.1, -0.05) is 56.0 Å². The molecule has 0 radical (unpaired) electrons. The summed E-state index contributed by atoms with van der Waals surface area (Å²) >= 11 is 12.2. The minimum Gasteiger partial charge on any atom is -0.352 e. The van der Waals surface area contributed by atoms with Crippen molar-refractivity contribution >= 4 is 40.8 Å². The van der Waals surface area contributed by atoms with Crippen LogP contribution in [0.1, 0.15) is 62.4 Å². The van der Waals surface area contributed by atoms with Gasteiger partial charge in [-0.3, -0.25) is 4.79 Å². The van der Waals surface area contributed by atoms with Gasteiger partial charge in [0.15, 0.2) is 5.96 Å². The smallest absolute Gasteiger partial charge is 0.251 e. The van der Waals surface area contributed by atoms with Crippen LogP contribution in [0.25, 0.3) is 0 Å². The van der Waals surface area contributed by atoms with E-state index in [4.69, 9.17) is 28.2 Å². The minimum absolute atomic E-state index is 0.106. The third-order valence-electron chi connectivity index (χ3n) is 7.50. The van der Waals surface area contributed by atoms with Gasteiger partial charge in [-0.15, -0.1) is 0 Å². The molecule has 4 rings (SSSR count). The predicted molar refractivity (Wildman–Crippen MR) is 155 cm³/mol. The first-order chi connectivity index (χ1) is 17.7. The fourth-order valence-corrected chi connectivity index (χ4v) is 5.65. The van der Waals surface area contributed by atoms with Crippen LogP contribution in [0.3, 0.4) is 0 Å². The number of nitrogens with zero attached hydrogens (tertiary/aromatic N) is 2. The molecule has 1 saturated carbocycles. The van der Waals surface area contributed by atoms with Crippen molar-refractivity contribution < 1.29 is 4.79 Å². The van der Waals surface area contributed by atoms with Crippen molar-refractivity contribution in [1.29, 1.82) is 0 Å². The molecule has 1 heterocycles. The number of benzene rings is 2. The summed E-state index contributed by atoms with van der Waals surface area (Å²) in [5.41, 5.74) is 2.71. The van der Waals surface area contributed by atoms with Gasteiger partial charge in [-0.2, -0.15) is 0 Å². The quantitative estimate of drug-likeness (QED) is 0.309. The average Bonchev–Trinajstić information content (AvgIpc) is 2.86. The molecule has 2 aromatic rings. The molecule has 1 aliphatic heterocycles. The van der Waals surface area contributed by atoms with Gasteiger partial charge in [0.1, 0.15) is 0 Å². The zero-order valence-electron chi connectivity index (χ0n) is 22.1. The second kappa shape index (κ2) is 12.5. The monoisotopic (exact) mass is 543 g/mol. The zero-order chi connectivity index (χ0) is 26.4. The topological polar surface area (TPSA) is 68.8 Å². The average molecular weight is 545 g/mol. The second-order valence-electron chi connectivity index (χ2n) is 10.9. The molecule has 1 amide bonds. The lowest BCUT2D eigenvalue weighted by molar-refractivity contribution is 0.0954. The maximum absolute atomic E-state index is 12.7. The number of carbonyl (C=O) groups excluding carboxylic acids is 1. The van der Waals surface area contributed by atoms with Crippen molar-refractivity contribution in [2.75, 3.05) is 31.5 Å². The fourth-order valence-electron chi connectivity index (χ4n) is 5.15. The molecule has 2 aliphatic rings. The molecular weight excluding hydrogens is 505 g/mol. The van der Waals surface area contributed by atoms with E-state index in [-0.39, 0.29) is 11.3 Å². The van der Waals surface area contributed by atoms with Crippen LogP contribution in [0.2, 0.25) is 10.0 Å². The summed E-state index contributed by atoms with van der Waals surface area (Å²) in [6.07, 6.45) is 5.49. The van der Waals surface area contributed by atoms with Crippen LogP contribution in [-0.2, 0) is 6.42 Å². The van der Waals surface area contributed by atoms with Gasteiger partial charge >= 0.3 is 0 Å². The molecule has 1 unspecified atom stereocenters. The number of aliphatic imine (C=N–C) groups is 1. The van der Waals surface area contributed by atoms with E-state index in [1.807, 2.05) is 36.4 Å². The number of nitrogens with one attached hydrogen (secondary N) is 3. The molecule has 200 valence electrons. The number of guanidine groups is 1. The summed E-state index contributed by atoms with van der Waals surface area (Å²) in [6, 6.07) is 13.8. The van der Waals surface area contributed by atoms with Gasteiger partial charge in [0.25, 0.3) is 5.91 Å². The highest BCUT2D eigenvalue weighted by Gasteiger charge is 2.33. The number of anilines is 1. The first-order valence-corrected chi connectivity index (χ1v) is 14.1. The van der Waals surface area contributed by atoms with E-state index in [2.05, 4.69) is 41.6 Å².